The van der Waals surface area contributed by atoms with Gasteiger partial charge in [0.15, 0.2) is 11.5 Å². The maximum Gasteiger partial charge on any atom is 0.337 e. The molecule has 3 aromatic carbocycles. The maximum absolute atomic E-state index is 13.8. The third-order valence-electron chi connectivity index (χ3n) is 7.42. The van der Waals surface area contributed by atoms with Crippen molar-refractivity contribution in [3.8, 4) is 28.4 Å². The van der Waals surface area contributed by atoms with Gasteiger partial charge in [-0.2, -0.15) is 0 Å². The van der Waals surface area contributed by atoms with Gasteiger partial charge in [-0.25, -0.2) is 4.79 Å². The first-order chi connectivity index (χ1) is 20.8. The third kappa shape index (κ3) is 6.38. The van der Waals surface area contributed by atoms with Crippen LogP contribution in [0.5, 0.6) is 17.2 Å². The van der Waals surface area contributed by atoms with Crippen LogP contribution in [-0.2, 0) is 38.6 Å². The molecule has 2 heterocycles. The van der Waals surface area contributed by atoms with Crippen LogP contribution >= 0.6 is 0 Å². The lowest BCUT2D eigenvalue weighted by atomic mass is 10.0. The first kappa shape index (κ1) is 29.4. The van der Waals surface area contributed by atoms with Gasteiger partial charge in [-0.1, -0.05) is 36.4 Å². The zero-order valence-electron chi connectivity index (χ0n) is 24.3. The standard InChI is InChI=1S/C33H32N2O8/c1-40-25-12-10-23(11-13-25)26-18-24-19-28(41-2)29(42-3)20-27(24)34(33(26)39)16-4-5-21-6-8-22(9-7-21)17-32(38)43-35-30(36)14-15-31(35)37/h6-13,18-20H,4-5,14-17H2,1-3H3. The summed E-state index contributed by atoms with van der Waals surface area (Å²) in [5.74, 6) is 0.124. The van der Waals surface area contributed by atoms with E-state index in [0.29, 0.717) is 52.8 Å². The number of amides is 2. The van der Waals surface area contributed by atoms with E-state index in [2.05, 4.69) is 0 Å². The second-order valence-electron chi connectivity index (χ2n) is 10.2. The molecule has 0 unspecified atom stereocenters. The SMILES string of the molecule is COc1ccc(-c2cc3cc(OC)c(OC)cc3n(CCCc3ccc(CC(=O)ON4C(=O)CCC4=O)cc3)c2=O)cc1. The summed E-state index contributed by atoms with van der Waals surface area (Å²) in [4.78, 5) is 54.4. The smallest absolute Gasteiger partial charge is 0.337 e. The molecular weight excluding hydrogens is 552 g/mol. The quantitative estimate of drug-likeness (QED) is 0.237. The molecule has 0 spiro atoms. The summed E-state index contributed by atoms with van der Waals surface area (Å²) in [5.41, 5.74) is 3.70. The van der Waals surface area contributed by atoms with Crippen molar-refractivity contribution in [3.63, 3.8) is 0 Å². The zero-order chi connectivity index (χ0) is 30.5. The highest BCUT2D eigenvalue weighted by molar-refractivity contribution is 6.01. The number of fused-ring (bicyclic) bond motifs is 1. The van der Waals surface area contributed by atoms with Crippen LogP contribution in [0.15, 0.2) is 71.5 Å². The molecule has 10 nitrogen and oxygen atoms in total. The second-order valence-corrected chi connectivity index (χ2v) is 10.2. The van der Waals surface area contributed by atoms with Gasteiger partial charge >= 0.3 is 5.97 Å². The first-order valence-corrected chi connectivity index (χ1v) is 13.9. The Bertz CT molecular complexity index is 1710. The summed E-state index contributed by atoms with van der Waals surface area (Å²) in [6, 6.07) is 20.4. The Hall–Kier alpha value is -5.12. The number of hydrogen-bond donors (Lipinski definition) is 0. The number of imide groups is 1. The molecule has 0 N–H and O–H groups in total. The van der Waals surface area contributed by atoms with E-state index in [1.54, 1.807) is 25.9 Å². The lowest BCUT2D eigenvalue weighted by Gasteiger charge is -2.16. The minimum atomic E-state index is -0.675. The lowest BCUT2D eigenvalue weighted by molar-refractivity contribution is -0.197. The van der Waals surface area contributed by atoms with Crippen molar-refractivity contribution in [1.29, 1.82) is 0 Å². The molecule has 222 valence electrons. The number of aromatic nitrogens is 1. The fourth-order valence-corrected chi connectivity index (χ4v) is 5.13. The predicted octanol–water partition coefficient (Wildman–Crippen LogP) is 4.48. The van der Waals surface area contributed by atoms with E-state index in [1.807, 2.05) is 66.7 Å². The molecule has 1 aliphatic rings. The van der Waals surface area contributed by atoms with E-state index in [-0.39, 0.29) is 24.8 Å². The van der Waals surface area contributed by atoms with Crippen molar-refractivity contribution >= 4 is 28.7 Å². The van der Waals surface area contributed by atoms with Gasteiger partial charge in [0, 0.05) is 36.4 Å². The zero-order valence-corrected chi connectivity index (χ0v) is 24.3. The summed E-state index contributed by atoms with van der Waals surface area (Å²) < 4.78 is 18.1. The Balaban J connectivity index is 1.33. The third-order valence-corrected chi connectivity index (χ3v) is 7.42. The van der Waals surface area contributed by atoms with Crippen molar-refractivity contribution in [2.75, 3.05) is 21.3 Å². The summed E-state index contributed by atoms with van der Waals surface area (Å²) in [6.45, 7) is 0.459. The van der Waals surface area contributed by atoms with Gasteiger partial charge in [-0.15, -0.1) is 5.06 Å². The molecule has 1 fully saturated rings. The molecule has 5 rings (SSSR count). The molecule has 2 amide bonds. The molecule has 0 saturated carbocycles. The van der Waals surface area contributed by atoms with Gasteiger partial charge in [-0.05, 0) is 53.8 Å². The van der Waals surface area contributed by atoms with Crippen LogP contribution in [0.1, 0.15) is 30.4 Å². The number of methoxy groups -OCH3 is 3. The van der Waals surface area contributed by atoms with Crippen molar-refractivity contribution in [3.05, 3.63) is 88.2 Å². The lowest BCUT2D eigenvalue weighted by Crippen LogP contribution is -2.32. The second kappa shape index (κ2) is 12.8. The fraction of sp³-hybridized carbons (Fsp3) is 0.273. The van der Waals surface area contributed by atoms with E-state index in [1.165, 1.54) is 0 Å². The summed E-state index contributed by atoms with van der Waals surface area (Å²) in [7, 11) is 4.74. The normalized spacial score (nSPS) is 13.0. The molecule has 1 aliphatic heterocycles. The minimum Gasteiger partial charge on any atom is -0.497 e. The monoisotopic (exact) mass is 584 g/mol. The van der Waals surface area contributed by atoms with E-state index in [0.717, 1.165) is 22.0 Å². The molecule has 10 heteroatoms. The van der Waals surface area contributed by atoms with Gasteiger partial charge in [-0.3, -0.25) is 14.4 Å². The van der Waals surface area contributed by atoms with Crippen molar-refractivity contribution in [2.45, 2.75) is 38.6 Å². The van der Waals surface area contributed by atoms with Crippen LogP contribution in [-0.4, -0.2) is 48.7 Å². The van der Waals surface area contributed by atoms with Gasteiger partial charge in [0.25, 0.3) is 17.4 Å². The number of benzene rings is 3. The number of aryl methyl sites for hydroxylation is 2. The molecule has 1 saturated heterocycles. The van der Waals surface area contributed by atoms with Crippen molar-refractivity contribution in [2.24, 2.45) is 0 Å². The number of rotatable bonds is 11. The highest BCUT2D eigenvalue weighted by Gasteiger charge is 2.32. The number of pyridine rings is 1. The first-order valence-electron chi connectivity index (χ1n) is 13.9. The van der Waals surface area contributed by atoms with E-state index < -0.39 is 17.8 Å². The van der Waals surface area contributed by atoms with Crippen LogP contribution < -0.4 is 19.8 Å². The highest BCUT2D eigenvalue weighted by Crippen LogP contribution is 2.33. The van der Waals surface area contributed by atoms with Gasteiger partial charge in [0.2, 0.25) is 0 Å². The maximum atomic E-state index is 13.8. The van der Waals surface area contributed by atoms with E-state index in [4.69, 9.17) is 19.0 Å². The number of carbonyl (C=O) groups is 3. The topological polar surface area (TPSA) is 113 Å². The Kier molecular flexibility index (Phi) is 8.75. The van der Waals surface area contributed by atoms with Crippen LogP contribution in [0.4, 0.5) is 0 Å². The Morgan fingerprint density at radius 2 is 1.40 bits per heavy atom. The molecule has 0 atom stereocenters. The van der Waals surface area contributed by atoms with Gasteiger partial charge in [0.1, 0.15) is 5.75 Å². The summed E-state index contributed by atoms with van der Waals surface area (Å²) in [5, 5.41) is 1.40. The van der Waals surface area contributed by atoms with Gasteiger partial charge in [0.05, 0.1) is 33.3 Å². The number of carbonyl (C=O) groups excluding carboxylic acids is 3. The fourth-order valence-electron chi connectivity index (χ4n) is 5.13. The Morgan fingerprint density at radius 1 is 0.767 bits per heavy atom. The number of ether oxygens (including phenoxy) is 3. The summed E-state index contributed by atoms with van der Waals surface area (Å²) in [6.07, 6.45) is 1.40. The number of nitrogens with zero attached hydrogens (tertiary/aromatic N) is 2. The molecular formula is C33H32N2O8. The summed E-state index contributed by atoms with van der Waals surface area (Å²) >= 11 is 0. The minimum absolute atomic E-state index is 0.0518. The van der Waals surface area contributed by atoms with Gasteiger partial charge < -0.3 is 23.6 Å². The number of hydrogen-bond acceptors (Lipinski definition) is 8. The van der Waals surface area contributed by atoms with Crippen molar-refractivity contribution < 1.29 is 33.4 Å². The van der Waals surface area contributed by atoms with E-state index in [9.17, 15) is 19.2 Å². The molecule has 43 heavy (non-hydrogen) atoms. The molecule has 1 aromatic heterocycles. The average molecular weight is 585 g/mol. The van der Waals surface area contributed by atoms with Crippen LogP contribution in [0.2, 0.25) is 0 Å². The highest BCUT2D eigenvalue weighted by atomic mass is 16.7. The van der Waals surface area contributed by atoms with Crippen LogP contribution in [0.25, 0.3) is 22.0 Å². The Morgan fingerprint density at radius 3 is 2.02 bits per heavy atom. The van der Waals surface area contributed by atoms with Crippen LogP contribution in [0.3, 0.4) is 0 Å². The van der Waals surface area contributed by atoms with E-state index >= 15 is 0 Å². The molecule has 4 aromatic rings. The van der Waals surface area contributed by atoms with Crippen molar-refractivity contribution in [1.82, 2.24) is 9.63 Å². The number of hydroxylamine groups is 2. The molecule has 0 bridgehead atoms. The molecule has 0 radical (unpaired) electrons. The van der Waals surface area contributed by atoms with Crippen LogP contribution in [0, 0.1) is 0 Å². The largest absolute Gasteiger partial charge is 0.497 e. The Labute approximate surface area is 248 Å². The predicted molar refractivity (Wildman–Crippen MR) is 159 cm³/mol. The average Bonchev–Trinajstić information content (AvgIpc) is 3.34. The molecule has 0 aliphatic carbocycles.